The van der Waals surface area contributed by atoms with Gasteiger partial charge in [0.05, 0.1) is 24.2 Å². The summed E-state index contributed by atoms with van der Waals surface area (Å²) in [6.07, 6.45) is 0.677. The summed E-state index contributed by atoms with van der Waals surface area (Å²) in [5.74, 6) is 0.119. The van der Waals surface area contributed by atoms with Crippen LogP contribution in [0, 0.1) is 11.3 Å². The van der Waals surface area contributed by atoms with Gasteiger partial charge in [0.15, 0.2) is 4.75 Å². The second kappa shape index (κ2) is 4.61. The maximum Gasteiger partial charge on any atom is 0.350 e. The Bertz CT molecular complexity index is 555. The molecule has 1 aliphatic rings. The molecule has 2 heterocycles. The third-order valence-electron chi connectivity index (χ3n) is 2.90. The molecule has 1 aromatic heterocycles. The van der Waals surface area contributed by atoms with Gasteiger partial charge in [0, 0.05) is 12.6 Å². The van der Waals surface area contributed by atoms with Gasteiger partial charge in [-0.2, -0.15) is 10.2 Å². The lowest BCUT2D eigenvalue weighted by molar-refractivity contribution is 0.113. The fraction of sp³-hybridized carbons (Fsp3) is 0.500. The number of nitrogens with zero attached hydrogens (tertiary/aromatic N) is 3. The number of aliphatic hydroxyl groups is 2. The van der Waals surface area contributed by atoms with Gasteiger partial charge in [-0.3, -0.25) is 4.57 Å². The minimum absolute atomic E-state index is 0.119. The van der Waals surface area contributed by atoms with Gasteiger partial charge >= 0.3 is 5.69 Å². The zero-order valence-electron chi connectivity index (χ0n) is 9.35. The van der Waals surface area contributed by atoms with E-state index in [4.69, 9.17) is 11.0 Å². The smallest absolute Gasteiger partial charge is 0.350 e. The van der Waals surface area contributed by atoms with Crippen molar-refractivity contribution >= 4 is 17.6 Å². The molecule has 0 unspecified atom stereocenters. The van der Waals surface area contributed by atoms with Crippen molar-refractivity contribution in [1.29, 1.82) is 5.26 Å². The van der Waals surface area contributed by atoms with Crippen molar-refractivity contribution in [1.82, 2.24) is 9.55 Å². The molecule has 0 saturated carbocycles. The summed E-state index contributed by atoms with van der Waals surface area (Å²) in [4.78, 5) is 15.2. The highest BCUT2D eigenvalue weighted by Crippen LogP contribution is 2.48. The van der Waals surface area contributed by atoms with E-state index in [1.54, 1.807) is 0 Å². The molecule has 0 aliphatic carbocycles. The number of hydrogen-bond donors (Lipinski definition) is 3. The van der Waals surface area contributed by atoms with Crippen molar-refractivity contribution in [2.75, 3.05) is 12.3 Å². The number of nitrogen functional groups attached to an aromatic ring is 1. The Morgan fingerprint density at radius 3 is 3.00 bits per heavy atom. The normalized spacial score (nSPS) is 31.2. The van der Waals surface area contributed by atoms with Crippen LogP contribution in [0.3, 0.4) is 0 Å². The largest absolute Gasteiger partial charge is 0.394 e. The first-order chi connectivity index (χ1) is 8.52. The summed E-state index contributed by atoms with van der Waals surface area (Å²) in [6, 6.07) is 3.38. The van der Waals surface area contributed by atoms with Crippen LogP contribution in [0.4, 0.5) is 5.82 Å². The summed E-state index contributed by atoms with van der Waals surface area (Å²) < 4.78 is 0.0183. The number of nitriles is 1. The van der Waals surface area contributed by atoms with E-state index in [2.05, 4.69) is 4.98 Å². The van der Waals surface area contributed by atoms with Crippen LogP contribution in [0.1, 0.15) is 11.8 Å². The molecular weight excluding hydrogens is 256 g/mol. The second-order valence-electron chi connectivity index (χ2n) is 4.03. The van der Waals surface area contributed by atoms with Crippen molar-refractivity contribution in [2.24, 2.45) is 0 Å². The Hall–Kier alpha value is -1.56. The zero-order chi connectivity index (χ0) is 13.3. The van der Waals surface area contributed by atoms with Crippen LogP contribution in [0.5, 0.6) is 0 Å². The fourth-order valence-corrected chi connectivity index (χ4v) is 3.26. The van der Waals surface area contributed by atoms with Gasteiger partial charge in [-0.1, -0.05) is 0 Å². The zero-order valence-corrected chi connectivity index (χ0v) is 10.2. The number of thioether (sulfide) groups is 1. The standard InChI is InChI=1S/C10H12N4O3S/c11-4-10(5-15)6(16)3-8(18-10)14-2-1-7(12)13-9(14)17/h1-2,6,8,15-16H,3,5H2,(H2,12,13,17)/t6-,8+,10+/m0/s1. The SMILES string of the molecule is N#C[C@]1(CO)S[C@@H](n2ccc(N)nc2=O)C[C@@H]1O. The highest BCUT2D eigenvalue weighted by atomic mass is 32.2. The molecule has 3 atom stereocenters. The van der Waals surface area contributed by atoms with Gasteiger partial charge in [0.1, 0.15) is 5.82 Å². The molecule has 0 radical (unpaired) electrons. The number of aliphatic hydroxyl groups excluding tert-OH is 2. The molecule has 0 bridgehead atoms. The van der Waals surface area contributed by atoms with E-state index < -0.39 is 28.5 Å². The lowest BCUT2D eigenvalue weighted by atomic mass is 10.0. The Labute approximate surface area is 107 Å². The molecule has 18 heavy (non-hydrogen) atoms. The van der Waals surface area contributed by atoms with E-state index in [1.165, 1.54) is 16.8 Å². The molecule has 4 N–H and O–H groups in total. The first-order valence-corrected chi connectivity index (χ1v) is 6.13. The lowest BCUT2D eigenvalue weighted by Crippen LogP contribution is -2.36. The molecule has 0 aromatic carbocycles. The number of nitrogens with two attached hydrogens (primary N) is 1. The summed E-state index contributed by atoms with van der Waals surface area (Å²) >= 11 is 1.06. The van der Waals surface area contributed by atoms with Crippen molar-refractivity contribution in [3.05, 3.63) is 22.7 Å². The van der Waals surface area contributed by atoms with Crippen LogP contribution in [-0.4, -0.2) is 37.2 Å². The number of hydrogen-bond acceptors (Lipinski definition) is 7. The average Bonchev–Trinajstić information content (AvgIpc) is 2.67. The van der Waals surface area contributed by atoms with Crippen molar-refractivity contribution in [2.45, 2.75) is 22.6 Å². The Morgan fingerprint density at radius 1 is 1.78 bits per heavy atom. The highest BCUT2D eigenvalue weighted by Gasteiger charge is 2.48. The van der Waals surface area contributed by atoms with Crippen molar-refractivity contribution < 1.29 is 10.2 Å². The lowest BCUT2D eigenvalue weighted by Gasteiger charge is -2.20. The molecule has 1 aromatic rings. The fourth-order valence-electron chi connectivity index (χ4n) is 1.85. The maximum absolute atomic E-state index is 11.7. The first-order valence-electron chi connectivity index (χ1n) is 5.25. The quantitative estimate of drug-likeness (QED) is 0.633. The average molecular weight is 268 g/mol. The van der Waals surface area contributed by atoms with Gasteiger partial charge in [-0.05, 0) is 6.07 Å². The molecule has 0 spiro atoms. The maximum atomic E-state index is 11.7. The van der Waals surface area contributed by atoms with Gasteiger partial charge in [-0.25, -0.2) is 4.79 Å². The monoisotopic (exact) mass is 268 g/mol. The Balaban J connectivity index is 2.33. The number of anilines is 1. The molecule has 1 fully saturated rings. The van der Waals surface area contributed by atoms with E-state index >= 15 is 0 Å². The van der Waals surface area contributed by atoms with Crippen LogP contribution in [-0.2, 0) is 0 Å². The Kier molecular flexibility index (Phi) is 3.30. The molecule has 1 aliphatic heterocycles. The predicted molar refractivity (Wildman–Crippen MR) is 65.6 cm³/mol. The molecule has 7 nitrogen and oxygen atoms in total. The third-order valence-corrected chi connectivity index (χ3v) is 4.50. The van der Waals surface area contributed by atoms with Crippen molar-refractivity contribution in [3.63, 3.8) is 0 Å². The van der Waals surface area contributed by atoms with E-state index in [1.807, 2.05) is 6.07 Å². The second-order valence-corrected chi connectivity index (χ2v) is 5.53. The Morgan fingerprint density at radius 2 is 2.50 bits per heavy atom. The number of aromatic nitrogens is 2. The predicted octanol–water partition coefficient (Wildman–Crippen LogP) is -0.923. The van der Waals surface area contributed by atoms with Gasteiger partial charge in [0.2, 0.25) is 0 Å². The van der Waals surface area contributed by atoms with Crippen LogP contribution < -0.4 is 11.4 Å². The molecule has 1 saturated heterocycles. The molecule has 8 heteroatoms. The number of rotatable bonds is 2. The van der Waals surface area contributed by atoms with Crippen molar-refractivity contribution in [3.8, 4) is 6.07 Å². The van der Waals surface area contributed by atoms with Crippen LogP contribution in [0.15, 0.2) is 17.1 Å². The minimum Gasteiger partial charge on any atom is -0.394 e. The van der Waals surface area contributed by atoms with Gasteiger partial charge in [0.25, 0.3) is 0 Å². The van der Waals surface area contributed by atoms with Crippen LogP contribution in [0.2, 0.25) is 0 Å². The summed E-state index contributed by atoms with van der Waals surface area (Å²) in [5.41, 5.74) is 4.85. The van der Waals surface area contributed by atoms with E-state index in [-0.39, 0.29) is 12.2 Å². The topological polar surface area (TPSA) is 125 Å². The minimum atomic E-state index is -1.29. The summed E-state index contributed by atoms with van der Waals surface area (Å²) in [7, 11) is 0. The van der Waals surface area contributed by atoms with E-state index in [0.29, 0.717) is 0 Å². The first kappa shape index (κ1) is 12.9. The van der Waals surface area contributed by atoms with E-state index in [9.17, 15) is 15.0 Å². The van der Waals surface area contributed by atoms with Gasteiger partial charge < -0.3 is 15.9 Å². The van der Waals surface area contributed by atoms with Crippen LogP contribution >= 0.6 is 11.8 Å². The highest BCUT2D eigenvalue weighted by molar-refractivity contribution is 8.01. The van der Waals surface area contributed by atoms with Gasteiger partial charge in [-0.15, -0.1) is 11.8 Å². The molecular formula is C10H12N4O3S. The van der Waals surface area contributed by atoms with Crippen LogP contribution in [0.25, 0.3) is 0 Å². The summed E-state index contributed by atoms with van der Waals surface area (Å²) in [6.45, 7) is -0.469. The molecule has 2 rings (SSSR count). The van der Waals surface area contributed by atoms with E-state index in [0.717, 1.165) is 11.8 Å². The molecule has 96 valence electrons. The summed E-state index contributed by atoms with van der Waals surface area (Å²) in [5, 5.41) is 27.7. The third kappa shape index (κ3) is 1.96. The molecule has 0 amide bonds.